The van der Waals surface area contributed by atoms with Crippen LogP contribution in [0.25, 0.3) is 0 Å². The second kappa shape index (κ2) is 5.58. The molecule has 0 radical (unpaired) electrons. The number of hydrogen-bond donors (Lipinski definition) is 3. The molecule has 0 heterocycles. The number of rotatable bonds is 5. The second-order valence-corrected chi connectivity index (χ2v) is 3.44. The van der Waals surface area contributed by atoms with Crippen LogP contribution < -0.4 is 11.1 Å². The van der Waals surface area contributed by atoms with Crippen molar-refractivity contribution in [3.8, 4) is 0 Å². The number of halogens is 1. The average Bonchev–Trinajstić information content (AvgIpc) is 2.17. The summed E-state index contributed by atoms with van der Waals surface area (Å²) in [6.45, 7) is 1.35. The third-order valence-corrected chi connectivity index (χ3v) is 2.21. The van der Waals surface area contributed by atoms with E-state index in [0.29, 0.717) is 23.7 Å². The highest BCUT2D eigenvalue weighted by Gasteiger charge is 2.03. The van der Waals surface area contributed by atoms with Gasteiger partial charge in [-0.3, -0.25) is 5.41 Å². The van der Waals surface area contributed by atoms with Crippen molar-refractivity contribution in [2.45, 2.75) is 0 Å². The molecule has 1 rings (SSSR count). The maximum absolute atomic E-state index is 7.27. The molecule has 1 aromatic rings. The van der Waals surface area contributed by atoms with E-state index in [4.69, 9.17) is 27.5 Å². The molecule has 0 atom stereocenters. The lowest BCUT2D eigenvalue weighted by Crippen LogP contribution is -2.12. The van der Waals surface area contributed by atoms with Gasteiger partial charge in [-0.2, -0.15) is 0 Å². The van der Waals surface area contributed by atoms with Crippen LogP contribution in [0.2, 0.25) is 5.02 Å². The molecule has 0 aliphatic rings. The van der Waals surface area contributed by atoms with Crippen LogP contribution in [0.3, 0.4) is 0 Å². The van der Waals surface area contributed by atoms with Gasteiger partial charge in [0, 0.05) is 24.9 Å². The van der Waals surface area contributed by atoms with Crippen LogP contribution in [0, 0.1) is 5.41 Å². The van der Waals surface area contributed by atoms with Gasteiger partial charge in [-0.15, -0.1) is 0 Å². The second-order valence-electron chi connectivity index (χ2n) is 3.03. The van der Waals surface area contributed by atoms with Crippen LogP contribution in [0.5, 0.6) is 0 Å². The quantitative estimate of drug-likeness (QED) is 0.407. The SMILES string of the molecule is COCCNc1ccc(C(=N)N)c(Cl)c1. The maximum Gasteiger partial charge on any atom is 0.124 e. The lowest BCUT2D eigenvalue weighted by molar-refractivity contribution is 0.211. The van der Waals surface area contributed by atoms with Gasteiger partial charge in [-0.05, 0) is 18.2 Å². The third kappa shape index (κ3) is 3.42. The minimum atomic E-state index is -0.0246. The Morgan fingerprint density at radius 1 is 1.60 bits per heavy atom. The lowest BCUT2D eigenvalue weighted by Gasteiger charge is -2.08. The number of benzene rings is 1. The monoisotopic (exact) mass is 227 g/mol. The number of ether oxygens (including phenoxy) is 1. The number of nitrogen functional groups attached to an aromatic ring is 1. The number of anilines is 1. The van der Waals surface area contributed by atoms with Gasteiger partial charge in [-0.25, -0.2) is 0 Å². The molecule has 0 fully saturated rings. The highest BCUT2D eigenvalue weighted by Crippen LogP contribution is 2.20. The predicted molar refractivity (Wildman–Crippen MR) is 62.8 cm³/mol. The molecule has 15 heavy (non-hydrogen) atoms. The molecule has 1 aromatic carbocycles. The summed E-state index contributed by atoms with van der Waals surface area (Å²) in [4.78, 5) is 0. The Kier molecular flexibility index (Phi) is 4.39. The summed E-state index contributed by atoms with van der Waals surface area (Å²) in [6.07, 6.45) is 0. The lowest BCUT2D eigenvalue weighted by atomic mass is 10.2. The fraction of sp³-hybridized carbons (Fsp3) is 0.300. The van der Waals surface area contributed by atoms with Crippen molar-refractivity contribution < 1.29 is 4.74 Å². The zero-order valence-electron chi connectivity index (χ0n) is 8.51. The van der Waals surface area contributed by atoms with E-state index in [1.54, 1.807) is 19.2 Å². The Morgan fingerprint density at radius 3 is 2.87 bits per heavy atom. The molecule has 0 aliphatic carbocycles. The first-order valence-electron chi connectivity index (χ1n) is 4.52. The van der Waals surface area contributed by atoms with E-state index in [0.717, 1.165) is 5.69 Å². The zero-order valence-corrected chi connectivity index (χ0v) is 9.27. The van der Waals surface area contributed by atoms with E-state index in [1.165, 1.54) is 0 Å². The highest BCUT2D eigenvalue weighted by atomic mass is 35.5. The summed E-state index contributed by atoms with van der Waals surface area (Å²) in [5.41, 5.74) is 6.79. The Labute approximate surface area is 93.9 Å². The van der Waals surface area contributed by atoms with Gasteiger partial charge < -0.3 is 15.8 Å². The summed E-state index contributed by atoms with van der Waals surface area (Å²) < 4.78 is 4.91. The Morgan fingerprint density at radius 2 is 2.33 bits per heavy atom. The number of hydrogen-bond acceptors (Lipinski definition) is 3. The topological polar surface area (TPSA) is 71.1 Å². The van der Waals surface area contributed by atoms with Gasteiger partial charge in [0.05, 0.1) is 11.6 Å². The minimum absolute atomic E-state index is 0.0246. The van der Waals surface area contributed by atoms with E-state index in [-0.39, 0.29) is 5.84 Å². The molecule has 0 bridgehead atoms. The summed E-state index contributed by atoms with van der Waals surface area (Å²) in [5.74, 6) is -0.0246. The average molecular weight is 228 g/mol. The van der Waals surface area contributed by atoms with Crippen LogP contribution in [0.4, 0.5) is 5.69 Å². The van der Waals surface area contributed by atoms with Crippen molar-refractivity contribution in [2.24, 2.45) is 5.73 Å². The predicted octanol–water partition coefficient (Wildman–Crippen LogP) is 1.68. The fourth-order valence-corrected chi connectivity index (χ4v) is 1.42. The van der Waals surface area contributed by atoms with Crippen LogP contribution >= 0.6 is 11.6 Å². The first-order chi connectivity index (χ1) is 7.15. The molecule has 4 nitrogen and oxygen atoms in total. The van der Waals surface area contributed by atoms with Crippen LogP contribution in [0.15, 0.2) is 18.2 Å². The summed E-state index contributed by atoms with van der Waals surface area (Å²) >= 11 is 5.95. The number of nitrogens with one attached hydrogen (secondary N) is 2. The van der Waals surface area contributed by atoms with Crippen molar-refractivity contribution in [1.29, 1.82) is 5.41 Å². The third-order valence-electron chi connectivity index (χ3n) is 1.89. The highest BCUT2D eigenvalue weighted by molar-refractivity contribution is 6.34. The van der Waals surface area contributed by atoms with E-state index in [1.807, 2.05) is 6.07 Å². The van der Waals surface area contributed by atoms with Crippen molar-refractivity contribution >= 4 is 23.1 Å². The van der Waals surface area contributed by atoms with Crippen molar-refractivity contribution in [3.63, 3.8) is 0 Å². The number of methoxy groups -OCH3 is 1. The Hall–Kier alpha value is -1.26. The van der Waals surface area contributed by atoms with E-state index in [9.17, 15) is 0 Å². The van der Waals surface area contributed by atoms with Gasteiger partial charge in [0.25, 0.3) is 0 Å². The largest absolute Gasteiger partial charge is 0.384 e. The molecule has 4 N–H and O–H groups in total. The first-order valence-corrected chi connectivity index (χ1v) is 4.89. The molecular weight excluding hydrogens is 214 g/mol. The molecule has 0 saturated heterocycles. The van der Waals surface area contributed by atoms with Gasteiger partial charge >= 0.3 is 0 Å². The van der Waals surface area contributed by atoms with E-state index >= 15 is 0 Å². The van der Waals surface area contributed by atoms with E-state index < -0.39 is 0 Å². The van der Waals surface area contributed by atoms with E-state index in [2.05, 4.69) is 5.32 Å². The standard InChI is InChI=1S/C10H14ClN3O/c1-15-5-4-14-7-2-3-8(10(12)13)9(11)6-7/h2-3,6,14H,4-5H2,1H3,(H3,12,13). The molecule has 5 heteroatoms. The minimum Gasteiger partial charge on any atom is -0.384 e. The fourth-order valence-electron chi connectivity index (χ4n) is 1.14. The van der Waals surface area contributed by atoms with Gasteiger partial charge in [0.2, 0.25) is 0 Å². The van der Waals surface area contributed by atoms with Gasteiger partial charge in [-0.1, -0.05) is 11.6 Å². The molecule has 0 unspecified atom stereocenters. The Bertz CT molecular complexity index is 355. The molecule has 0 saturated carbocycles. The normalized spacial score (nSPS) is 10.0. The summed E-state index contributed by atoms with van der Waals surface area (Å²) in [7, 11) is 1.65. The van der Waals surface area contributed by atoms with Crippen molar-refractivity contribution in [2.75, 3.05) is 25.6 Å². The number of nitrogens with two attached hydrogens (primary N) is 1. The summed E-state index contributed by atoms with van der Waals surface area (Å²) in [6, 6.07) is 5.30. The molecule has 0 aromatic heterocycles. The smallest absolute Gasteiger partial charge is 0.124 e. The molecule has 0 spiro atoms. The van der Waals surface area contributed by atoms with Crippen LogP contribution in [-0.2, 0) is 4.74 Å². The first kappa shape index (κ1) is 11.8. The number of amidine groups is 1. The maximum atomic E-state index is 7.27. The van der Waals surface area contributed by atoms with Crippen molar-refractivity contribution in [1.82, 2.24) is 0 Å². The van der Waals surface area contributed by atoms with Crippen LogP contribution in [0.1, 0.15) is 5.56 Å². The van der Waals surface area contributed by atoms with Crippen molar-refractivity contribution in [3.05, 3.63) is 28.8 Å². The summed E-state index contributed by atoms with van der Waals surface area (Å²) in [5, 5.41) is 10.9. The zero-order chi connectivity index (χ0) is 11.3. The van der Waals surface area contributed by atoms with Gasteiger partial charge in [0.1, 0.15) is 5.84 Å². The molecule has 82 valence electrons. The molecular formula is C10H14ClN3O. The van der Waals surface area contributed by atoms with Gasteiger partial charge in [0.15, 0.2) is 0 Å². The van der Waals surface area contributed by atoms with Crippen LogP contribution in [-0.4, -0.2) is 26.1 Å². The molecule has 0 amide bonds. The molecule has 0 aliphatic heterocycles. The Balaban J connectivity index is 2.69.